The second-order valence-electron chi connectivity index (χ2n) is 6.73. The summed E-state index contributed by atoms with van der Waals surface area (Å²) >= 11 is 0. The highest BCUT2D eigenvalue weighted by molar-refractivity contribution is 5.99. The molecule has 0 heterocycles. The molecule has 0 radical (unpaired) electrons. The summed E-state index contributed by atoms with van der Waals surface area (Å²) in [4.78, 5) is 0. The van der Waals surface area contributed by atoms with Crippen molar-refractivity contribution in [2.75, 3.05) is 0 Å². The fourth-order valence-electron chi connectivity index (χ4n) is 3.57. The Morgan fingerprint density at radius 3 is 2.11 bits per heavy atom. The lowest BCUT2D eigenvalue weighted by atomic mass is 9.90. The lowest BCUT2D eigenvalue weighted by Gasteiger charge is -2.17. The van der Waals surface area contributed by atoms with Crippen molar-refractivity contribution in [1.29, 1.82) is 0 Å². The quantitative estimate of drug-likeness (QED) is 0.498. The molecule has 0 aliphatic heterocycles. The van der Waals surface area contributed by atoms with Gasteiger partial charge in [-0.05, 0) is 56.8 Å². The van der Waals surface area contributed by atoms with Crippen LogP contribution in [0.4, 0.5) is 0 Å². The molecule has 0 bridgehead atoms. The third-order valence-electron chi connectivity index (χ3n) is 4.95. The van der Waals surface area contributed by atoms with E-state index < -0.39 is 0 Å². The first-order valence-electron chi connectivity index (χ1n) is 9.32. The average Bonchev–Trinajstić information content (AvgIpc) is 2.77. The maximum atomic E-state index is 9.98. The van der Waals surface area contributed by atoms with Crippen molar-refractivity contribution >= 4 is 10.8 Å². The molecule has 4 aromatic carbocycles. The molecule has 0 aliphatic carbocycles. The van der Waals surface area contributed by atoms with E-state index in [1.165, 1.54) is 0 Å². The number of rotatable bonds is 6. The Bertz CT molecular complexity index is 1070. The SMILES string of the molecule is OCc1cc2cc(OCc3ccccc3)ccc2c(-c2ccccc2)c1CO. The van der Waals surface area contributed by atoms with Crippen molar-refractivity contribution in [3.63, 3.8) is 0 Å². The zero-order valence-electron chi connectivity index (χ0n) is 15.5. The molecule has 4 aromatic rings. The third kappa shape index (κ3) is 3.63. The first-order valence-corrected chi connectivity index (χ1v) is 9.32. The molecule has 0 aromatic heterocycles. The maximum absolute atomic E-state index is 9.98. The van der Waals surface area contributed by atoms with E-state index in [1.807, 2.05) is 84.9 Å². The lowest BCUT2D eigenvalue weighted by Crippen LogP contribution is -2.00. The van der Waals surface area contributed by atoms with Crippen LogP contribution in [0.3, 0.4) is 0 Å². The van der Waals surface area contributed by atoms with E-state index in [9.17, 15) is 10.2 Å². The van der Waals surface area contributed by atoms with E-state index in [0.29, 0.717) is 6.61 Å². The molecular formula is C25H22O3. The van der Waals surface area contributed by atoms with Crippen LogP contribution in [0.5, 0.6) is 5.75 Å². The molecule has 28 heavy (non-hydrogen) atoms. The number of aliphatic hydroxyl groups excluding tert-OH is 2. The molecular weight excluding hydrogens is 348 g/mol. The standard InChI is InChI=1S/C25H22O3/c26-15-21-13-20-14-22(28-17-18-7-3-1-4-8-18)11-12-23(20)25(24(21)16-27)19-9-5-2-6-10-19/h1-14,26-27H,15-17H2. The Morgan fingerprint density at radius 2 is 1.43 bits per heavy atom. The zero-order chi connectivity index (χ0) is 19.3. The van der Waals surface area contributed by atoms with Gasteiger partial charge < -0.3 is 14.9 Å². The Hall–Kier alpha value is -3.14. The van der Waals surface area contributed by atoms with Crippen molar-refractivity contribution in [3.8, 4) is 16.9 Å². The normalized spacial score (nSPS) is 10.9. The molecule has 0 amide bonds. The Labute approximate surface area is 164 Å². The van der Waals surface area contributed by atoms with E-state index in [2.05, 4.69) is 0 Å². The number of ether oxygens (including phenoxy) is 1. The summed E-state index contributed by atoms with van der Waals surface area (Å²) in [7, 11) is 0. The number of hydrogen-bond donors (Lipinski definition) is 2. The summed E-state index contributed by atoms with van der Waals surface area (Å²) in [5.74, 6) is 0.774. The summed E-state index contributed by atoms with van der Waals surface area (Å²) in [6.07, 6.45) is 0. The monoisotopic (exact) mass is 370 g/mol. The molecule has 140 valence electrons. The van der Waals surface area contributed by atoms with Gasteiger partial charge in [0.2, 0.25) is 0 Å². The summed E-state index contributed by atoms with van der Waals surface area (Å²) in [5, 5.41) is 21.8. The largest absolute Gasteiger partial charge is 0.489 e. The van der Waals surface area contributed by atoms with Gasteiger partial charge in [-0.3, -0.25) is 0 Å². The average molecular weight is 370 g/mol. The molecule has 3 nitrogen and oxygen atoms in total. The Morgan fingerprint density at radius 1 is 0.714 bits per heavy atom. The molecule has 4 rings (SSSR count). The van der Waals surface area contributed by atoms with Crippen LogP contribution in [-0.4, -0.2) is 10.2 Å². The van der Waals surface area contributed by atoms with Crippen LogP contribution >= 0.6 is 0 Å². The van der Waals surface area contributed by atoms with Gasteiger partial charge in [-0.25, -0.2) is 0 Å². The van der Waals surface area contributed by atoms with Crippen LogP contribution in [0.15, 0.2) is 84.9 Å². The summed E-state index contributed by atoms with van der Waals surface area (Å²) in [6, 6.07) is 27.9. The predicted octanol–water partition coefficient (Wildman–Crippen LogP) is 5.07. The third-order valence-corrected chi connectivity index (χ3v) is 4.95. The fourth-order valence-corrected chi connectivity index (χ4v) is 3.57. The molecule has 0 saturated carbocycles. The molecule has 0 spiro atoms. The molecule has 0 unspecified atom stereocenters. The van der Waals surface area contributed by atoms with Crippen LogP contribution in [0.1, 0.15) is 16.7 Å². The molecule has 0 aliphatic rings. The van der Waals surface area contributed by atoms with E-state index in [1.54, 1.807) is 0 Å². The number of aliphatic hydroxyl groups is 2. The maximum Gasteiger partial charge on any atom is 0.120 e. The first kappa shape index (κ1) is 18.2. The molecule has 3 heteroatoms. The van der Waals surface area contributed by atoms with Crippen LogP contribution in [0.25, 0.3) is 21.9 Å². The minimum absolute atomic E-state index is 0.123. The van der Waals surface area contributed by atoms with E-state index in [4.69, 9.17) is 4.74 Å². The second kappa shape index (κ2) is 8.26. The van der Waals surface area contributed by atoms with Gasteiger partial charge in [-0.15, -0.1) is 0 Å². The van der Waals surface area contributed by atoms with Crippen molar-refractivity contribution in [1.82, 2.24) is 0 Å². The van der Waals surface area contributed by atoms with Crippen LogP contribution in [-0.2, 0) is 19.8 Å². The molecule has 0 fully saturated rings. The first-order chi connectivity index (χ1) is 13.8. The van der Waals surface area contributed by atoms with E-state index in [0.717, 1.165) is 44.3 Å². The van der Waals surface area contributed by atoms with Crippen LogP contribution in [0.2, 0.25) is 0 Å². The smallest absolute Gasteiger partial charge is 0.120 e. The number of hydrogen-bond acceptors (Lipinski definition) is 3. The van der Waals surface area contributed by atoms with Gasteiger partial charge in [0.15, 0.2) is 0 Å². The van der Waals surface area contributed by atoms with Gasteiger partial charge >= 0.3 is 0 Å². The minimum Gasteiger partial charge on any atom is -0.489 e. The topological polar surface area (TPSA) is 49.7 Å². The van der Waals surface area contributed by atoms with Gasteiger partial charge in [0.1, 0.15) is 12.4 Å². The highest BCUT2D eigenvalue weighted by Crippen LogP contribution is 2.36. The van der Waals surface area contributed by atoms with Gasteiger partial charge in [0.05, 0.1) is 13.2 Å². The van der Waals surface area contributed by atoms with Crippen molar-refractivity contribution in [3.05, 3.63) is 102 Å². The highest BCUT2D eigenvalue weighted by atomic mass is 16.5. The van der Waals surface area contributed by atoms with Crippen molar-refractivity contribution < 1.29 is 14.9 Å². The van der Waals surface area contributed by atoms with Crippen molar-refractivity contribution in [2.45, 2.75) is 19.8 Å². The Balaban J connectivity index is 1.79. The van der Waals surface area contributed by atoms with Gasteiger partial charge in [0, 0.05) is 0 Å². The predicted molar refractivity (Wildman–Crippen MR) is 112 cm³/mol. The fraction of sp³-hybridized carbons (Fsp3) is 0.120. The minimum atomic E-state index is -0.124. The van der Waals surface area contributed by atoms with Crippen molar-refractivity contribution in [2.24, 2.45) is 0 Å². The molecule has 0 saturated heterocycles. The Kier molecular flexibility index (Phi) is 5.38. The highest BCUT2D eigenvalue weighted by Gasteiger charge is 2.15. The summed E-state index contributed by atoms with van der Waals surface area (Å²) < 4.78 is 5.96. The summed E-state index contributed by atoms with van der Waals surface area (Å²) in [6.45, 7) is 0.253. The van der Waals surface area contributed by atoms with Crippen LogP contribution in [0, 0.1) is 0 Å². The number of fused-ring (bicyclic) bond motifs is 1. The summed E-state index contributed by atoms with van der Waals surface area (Å²) in [5.41, 5.74) is 4.58. The molecule has 2 N–H and O–H groups in total. The van der Waals surface area contributed by atoms with Gasteiger partial charge in [-0.2, -0.15) is 0 Å². The zero-order valence-corrected chi connectivity index (χ0v) is 15.5. The second-order valence-corrected chi connectivity index (χ2v) is 6.73. The van der Waals surface area contributed by atoms with E-state index >= 15 is 0 Å². The van der Waals surface area contributed by atoms with Gasteiger partial charge in [0.25, 0.3) is 0 Å². The van der Waals surface area contributed by atoms with Crippen LogP contribution < -0.4 is 4.74 Å². The van der Waals surface area contributed by atoms with E-state index in [-0.39, 0.29) is 13.2 Å². The van der Waals surface area contributed by atoms with Gasteiger partial charge in [-0.1, -0.05) is 66.7 Å². The molecule has 0 atom stereocenters. The number of benzene rings is 4. The lowest BCUT2D eigenvalue weighted by molar-refractivity contribution is 0.260.